The van der Waals surface area contributed by atoms with E-state index in [0.29, 0.717) is 25.9 Å². The van der Waals surface area contributed by atoms with Crippen LogP contribution in [0.2, 0.25) is 0 Å². The molecule has 1 aromatic carbocycles. The van der Waals surface area contributed by atoms with Gasteiger partial charge in [0, 0.05) is 30.6 Å². The fraction of sp³-hybridized carbons (Fsp3) is 0.458. The van der Waals surface area contributed by atoms with Gasteiger partial charge in [-0.05, 0) is 74.9 Å². The van der Waals surface area contributed by atoms with E-state index in [4.69, 9.17) is 0 Å². The van der Waals surface area contributed by atoms with E-state index in [9.17, 15) is 14.0 Å². The third-order valence-electron chi connectivity index (χ3n) is 5.89. The summed E-state index contributed by atoms with van der Waals surface area (Å²) in [5, 5.41) is 3.38. The molecule has 0 spiro atoms. The summed E-state index contributed by atoms with van der Waals surface area (Å²) in [4.78, 5) is 28.5. The second kappa shape index (κ2) is 10.4. The highest BCUT2D eigenvalue weighted by Gasteiger charge is 2.17. The first-order chi connectivity index (χ1) is 14.5. The number of benzene rings is 1. The van der Waals surface area contributed by atoms with Gasteiger partial charge in [-0.2, -0.15) is 0 Å². The second-order valence-electron chi connectivity index (χ2n) is 7.93. The first kappa shape index (κ1) is 22.1. The molecular weight excluding hydrogens is 381 g/mol. The molecule has 0 aliphatic carbocycles. The number of hydrogen-bond donors (Lipinski definition) is 1. The molecule has 5 nitrogen and oxygen atoms in total. The van der Waals surface area contributed by atoms with Gasteiger partial charge in [0.2, 0.25) is 0 Å². The molecule has 0 bridgehead atoms. The Morgan fingerprint density at radius 2 is 2.07 bits per heavy atom. The summed E-state index contributed by atoms with van der Waals surface area (Å²) in [7, 11) is 0. The van der Waals surface area contributed by atoms with Crippen LogP contribution in [0.3, 0.4) is 0 Å². The molecule has 1 aromatic heterocycles. The van der Waals surface area contributed by atoms with Crippen molar-refractivity contribution in [2.24, 2.45) is 5.92 Å². The zero-order valence-electron chi connectivity index (χ0n) is 17.6. The molecule has 0 saturated carbocycles. The molecule has 2 heterocycles. The number of aryl methyl sites for hydroxylation is 2. The van der Waals surface area contributed by atoms with Crippen molar-refractivity contribution in [3.8, 4) is 0 Å². The zero-order valence-corrected chi connectivity index (χ0v) is 17.6. The molecule has 0 amide bonds. The lowest BCUT2D eigenvalue weighted by Crippen LogP contribution is -2.33. The number of hydrogen-bond acceptors (Lipinski definition) is 4. The summed E-state index contributed by atoms with van der Waals surface area (Å²) in [5.41, 5.74) is 3.42. The Hall–Kier alpha value is -2.60. The number of fused-ring (bicyclic) bond motifs is 1. The Morgan fingerprint density at radius 3 is 2.80 bits per heavy atom. The fourth-order valence-electron chi connectivity index (χ4n) is 4.08. The van der Waals surface area contributed by atoms with Crippen LogP contribution in [-0.2, 0) is 24.2 Å². The molecule has 0 fully saturated rings. The highest BCUT2D eigenvalue weighted by molar-refractivity contribution is 5.68. The maximum absolute atomic E-state index is 13.2. The number of nitrogens with zero attached hydrogens (tertiary/aromatic N) is 2. The first-order valence-electron chi connectivity index (χ1n) is 10.7. The summed E-state index contributed by atoms with van der Waals surface area (Å²) in [6.45, 7) is 8.18. The lowest BCUT2D eigenvalue weighted by atomic mass is 9.89. The van der Waals surface area contributed by atoms with Crippen molar-refractivity contribution in [1.82, 2.24) is 14.9 Å². The Morgan fingerprint density at radius 1 is 1.30 bits per heavy atom. The van der Waals surface area contributed by atoms with Crippen molar-refractivity contribution >= 4 is 11.9 Å². The van der Waals surface area contributed by atoms with Crippen LogP contribution >= 0.6 is 0 Å². The Balaban J connectivity index is 1.53. The quantitative estimate of drug-likeness (QED) is 0.480. The highest BCUT2D eigenvalue weighted by atomic mass is 19.1. The van der Waals surface area contributed by atoms with Crippen LogP contribution in [0.15, 0.2) is 35.6 Å². The summed E-state index contributed by atoms with van der Waals surface area (Å²) in [5.74, 6) is 0.623. The molecule has 3 rings (SSSR count). The fourth-order valence-corrected chi connectivity index (χ4v) is 4.08. The van der Waals surface area contributed by atoms with E-state index in [-0.39, 0.29) is 17.3 Å². The molecule has 6 heteroatoms. The molecule has 0 radical (unpaired) electrons. The third-order valence-corrected chi connectivity index (χ3v) is 5.89. The third kappa shape index (κ3) is 5.30. The standard InChI is InChI=1S/C24H30FN3O2/c1-17(19-6-8-21(25)9-7-19)20(12-16-29)10-13-26-14-11-22-18(2)27-23-5-3-4-15-28(23)24(22)30/h6-9,16,20,26H,1,3-5,10-15H2,2H3. The van der Waals surface area contributed by atoms with Crippen molar-refractivity contribution in [3.05, 3.63) is 69.7 Å². The molecule has 1 atom stereocenters. The van der Waals surface area contributed by atoms with Gasteiger partial charge in [-0.1, -0.05) is 18.7 Å². The van der Waals surface area contributed by atoms with Crippen molar-refractivity contribution in [2.75, 3.05) is 13.1 Å². The summed E-state index contributed by atoms with van der Waals surface area (Å²) in [6.07, 6.45) is 5.67. The summed E-state index contributed by atoms with van der Waals surface area (Å²) >= 11 is 0. The van der Waals surface area contributed by atoms with Crippen LogP contribution in [0.4, 0.5) is 4.39 Å². The van der Waals surface area contributed by atoms with Crippen molar-refractivity contribution in [1.29, 1.82) is 0 Å². The van der Waals surface area contributed by atoms with E-state index in [1.165, 1.54) is 12.1 Å². The molecule has 1 aliphatic heterocycles. The van der Waals surface area contributed by atoms with Gasteiger partial charge in [-0.3, -0.25) is 9.36 Å². The van der Waals surface area contributed by atoms with Gasteiger partial charge >= 0.3 is 0 Å². The molecule has 2 aromatic rings. The lowest BCUT2D eigenvalue weighted by Gasteiger charge is -2.20. The monoisotopic (exact) mass is 411 g/mol. The Bertz CT molecular complexity index is 950. The minimum absolute atomic E-state index is 0.00164. The zero-order chi connectivity index (χ0) is 21.5. The van der Waals surface area contributed by atoms with Crippen LogP contribution in [0, 0.1) is 18.7 Å². The summed E-state index contributed by atoms with van der Waals surface area (Å²) < 4.78 is 15.0. The van der Waals surface area contributed by atoms with Crippen LogP contribution in [0.1, 0.15) is 48.3 Å². The first-order valence-corrected chi connectivity index (χ1v) is 10.7. The van der Waals surface area contributed by atoms with Gasteiger partial charge in [-0.25, -0.2) is 9.37 Å². The van der Waals surface area contributed by atoms with E-state index in [1.807, 2.05) is 11.5 Å². The molecule has 160 valence electrons. The average Bonchev–Trinajstić information content (AvgIpc) is 2.75. The number of aldehydes is 1. The number of carbonyl (C=O) groups excluding carboxylic acids is 1. The minimum atomic E-state index is -0.289. The van der Waals surface area contributed by atoms with Gasteiger partial charge < -0.3 is 10.1 Å². The minimum Gasteiger partial charge on any atom is -0.316 e. The van der Waals surface area contributed by atoms with Gasteiger partial charge in [0.05, 0.1) is 0 Å². The Labute approximate surface area is 177 Å². The van der Waals surface area contributed by atoms with Gasteiger partial charge in [-0.15, -0.1) is 0 Å². The van der Waals surface area contributed by atoms with E-state index >= 15 is 0 Å². The number of allylic oxidation sites excluding steroid dienone is 1. The molecule has 1 aliphatic rings. The largest absolute Gasteiger partial charge is 0.316 e. The maximum Gasteiger partial charge on any atom is 0.256 e. The normalized spacial score (nSPS) is 14.2. The molecular formula is C24H30FN3O2. The Kier molecular flexibility index (Phi) is 7.69. The van der Waals surface area contributed by atoms with E-state index in [0.717, 1.165) is 66.7 Å². The van der Waals surface area contributed by atoms with Gasteiger partial charge in [0.25, 0.3) is 5.56 Å². The highest BCUT2D eigenvalue weighted by Crippen LogP contribution is 2.26. The van der Waals surface area contributed by atoms with Crippen molar-refractivity contribution in [2.45, 2.75) is 52.0 Å². The summed E-state index contributed by atoms with van der Waals surface area (Å²) in [6, 6.07) is 6.21. The predicted molar refractivity (Wildman–Crippen MR) is 117 cm³/mol. The number of halogens is 1. The second-order valence-corrected chi connectivity index (χ2v) is 7.93. The van der Waals surface area contributed by atoms with E-state index in [1.54, 1.807) is 12.1 Å². The molecule has 1 N–H and O–H groups in total. The van der Waals surface area contributed by atoms with Gasteiger partial charge in [0.1, 0.15) is 17.9 Å². The van der Waals surface area contributed by atoms with Crippen LogP contribution in [-0.4, -0.2) is 28.9 Å². The average molecular weight is 412 g/mol. The SMILES string of the molecule is C=C(c1ccc(F)cc1)C(CC=O)CCNCCc1c(C)nc2n(c1=O)CCCC2. The molecule has 0 saturated heterocycles. The maximum atomic E-state index is 13.2. The van der Waals surface area contributed by atoms with Gasteiger partial charge in [0.15, 0.2) is 0 Å². The van der Waals surface area contributed by atoms with Crippen molar-refractivity contribution < 1.29 is 9.18 Å². The molecule has 30 heavy (non-hydrogen) atoms. The van der Waals surface area contributed by atoms with E-state index < -0.39 is 0 Å². The number of aromatic nitrogens is 2. The van der Waals surface area contributed by atoms with E-state index in [2.05, 4.69) is 16.9 Å². The number of nitrogens with one attached hydrogen (secondary N) is 1. The van der Waals surface area contributed by atoms with Crippen molar-refractivity contribution in [3.63, 3.8) is 0 Å². The predicted octanol–water partition coefficient (Wildman–Crippen LogP) is 3.47. The number of rotatable bonds is 10. The molecule has 1 unspecified atom stereocenters. The van der Waals surface area contributed by atoms with Crippen LogP contribution in [0.5, 0.6) is 0 Å². The van der Waals surface area contributed by atoms with Crippen LogP contribution in [0.25, 0.3) is 5.57 Å². The number of carbonyl (C=O) groups is 1. The topological polar surface area (TPSA) is 64.0 Å². The smallest absolute Gasteiger partial charge is 0.256 e. The lowest BCUT2D eigenvalue weighted by molar-refractivity contribution is -0.108. The van der Waals surface area contributed by atoms with Crippen LogP contribution < -0.4 is 10.9 Å².